The molecular formula is C13H18F3N3O2S. The molecule has 5 nitrogen and oxygen atoms in total. The molecule has 0 bridgehead atoms. The molecular weight excluding hydrogens is 319 g/mol. The first-order chi connectivity index (χ1) is 10.1. The molecule has 1 aromatic rings. The Kier molecular flexibility index (Phi) is 4.67. The summed E-state index contributed by atoms with van der Waals surface area (Å²) in [6.07, 6.45) is -3.22. The van der Waals surface area contributed by atoms with E-state index in [4.69, 9.17) is 0 Å². The molecule has 0 amide bonds. The van der Waals surface area contributed by atoms with E-state index in [0.29, 0.717) is 13.1 Å². The Morgan fingerprint density at radius 2 is 1.82 bits per heavy atom. The van der Waals surface area contributed by atoms with Crippen LogP contribution >= 0.6 is 0 Å². The minimum atomic E-state index is -4.42. The summed E-state index contributed by atoms with van der Waals surface area (Å²) in [7, 11) is -3.26. The second-order valence-electron chi connectivity index (χ2n) is 5.14. The van der Waals surface area contributed by atoms with Crippen LogP contribution in [0.15, 0.2) is 12.3 Å². The number of pyridine rings is 1. The summed E-state index contributed by atoms with van der Waals surface area (Å²) in [6, 6.07) is 1.03. The molecule has 0 atom stereocenters. The van der Waals surface area contributed by atoms with Gasteiger partial charge in [0.05, 0.1) is 11.3 Å². The molecule has 2 heterocycles. The molecule has 2 rings (SSSR count). The topological polar surface area (TPSA) is 53.5 Å². The zero-order valence-corrected chi connectivity index (χ0v) is 13.2. The number of piperazine rings is 1. The first kappa shape index (κ1) is 17.0. The van der Waals surface area contributed by atoms with Crippen molar-refractivity contribution >= 4 is 15.8 Å². The smallest absolute Gasteiger partial charge is 0.354 e. The van der Waals surface area contributed by atoms with Crippen molar-refractivity contribution in [2.45, 2.75) is 20.0 Å². The number of hydrogen-bond acceptors (Lipinski definition) is 4. The fourth-order valence-corrected chi connectivity index (χ4v) is 3.45. The summed E-state index contributed by atoms with van der Waals surface area (Å²) < 4.78 is 63.7. The molecule has 9 heteroatoms. The summed E-state index contributed by atoms with van der Waals surface area (Å²) in [4.78, 5) is 5.72. The van der Waals surface area contributed by atoms with E-state index >= 15 is 0 Å². The van der Waals surface area contributed by atoms with Gasteiger partial charge in [0.1, 0.15) is 5.82 Å². The monoisotopic (exact) mass is 337 g/mol. The van der Waals surface area contributed by atoms with E-state index in [1.54, 1.807) is 11.8 Å². The highest BCUT2D eigenvalue weighted by Gasteiger charge is 2.34. The van der Waals surface area contributed by atoms with Gasteiger partial charge in [-0.1, -0.05) is 0 Å². The van der Waals surface area contributed by atoms with Crippen molar-refractivity contribution < 1.29 is 21.6 Å². The lowest BCUT2D eigenvalue weighted by molar-refractivity contribution is -0.138. The average Bonchev–Trinajstić information content (AvgIpc) is 2.46. The Labute approximate surface area is 127 Å². The molecule has 124 valence electrons. The minimum Gasteiger partial charge on any atom is -0.354 e. The first-order valence-corrected chi connectivity index (χ1v) is 8.52. The summed E-state index contributed by atoms with van der Waals surface area (Å²) in [5, 5.41) is 0. The highest BCUT2D eigenvalue weighted by molar-refractivity contribution is 7.89. The van der Waals surface area contributed by atoms with Gasteiger partial charge in [0, 0.05) is 32.4 Å². The van der Waals surface area contributed by atoms with Crippen LogP contribution in [0.2, 0.25) is 0 Å². The van der Waals surface area contributed by atoms with E-state index in [1.807, 2.05) is 0 Å². The van der Waals surface area contributed by atoms with Gasteiger partial charge in [-0.05, 0) is 25.5 Å². The summed E-state index contributed by atoms with van der Waals surface area (Å²) in [5.41, 5.74) is -0.635. The third-order valence-corrected chi connectivity index (χ3v) is 5.60. The van der Waals surface area contributed by atoms with Gasteiger partial charge in [-0.2, -0.15) is 17.5 Å². The van der Waals surface area contributed by atoms with Gasteiger partial charge in [-0.15, -0.1) is 0 Å². The van der Waals surface area contributed by atoms with Crippen LogP contribution in [0.1, 0.15) is 18.1 Å². The maximum absolute atomic E-state index is 12.9. The number of hydrogen-bond donors (Lipinski definition) is 0. The summed E-state index contributed by atoms with van der Waals surface area (Å²) in [5.74, 6) is 0.250. The van der Waals surface area contributed by atoms with Gasteiger partial charge in [0.2, 0.25) is 10.0 Å². The van der Waals surface area contributed by atoms with E-state index in [9.17, 15) is 21.6 Å². The van der Waals surface area contributed by atoms with E-state index in [-0.39, 0.29) is 30.2 Å². The third kappa shape index (κ3) is 3.52. The Hall–Kier alpha value is -1.35. The molecule has 0 aliphatic carbocycles. The van der Waals surface area contributed by atoms with Crippen molar-refractivity contribution in [1.82, 2.24) is 9.29 Å². The molecule has 1 saturated heterocycles. The molecule has 0 aromatic carbocycles. The quantitative estimate of drug-likeness (QED) is 0.845. The van der Waals surface area contributed by atoms with Crippen LogP contribution < -0.4 is 4.90 Å². The maximum Gasteiger partial charge on any atom is 0.416 e. The van der Waals surface area contributed by atoms with Crippen LogP contribution in [-0.4, -0.2) is 49.6 Å². The fraction of sp³-hybridized carbons (Fsp3) is 0.615. The number of aromatic nitrogens is 1. The maximum atomic E-state index is 12.9. The van der Waals surface area contributed by atoms with Gasteiger partial charge in [-0.3, -0.25) is 0 Å². The molecule has 1 aliphatic rings. The van der Waals surface area contributed by atoms with E-state index < -0.39 is 21.8 Å². The zero-order valence-electron chi connectivity index (χ0n) is 12.4. The SMILES string of the molecule is CCS(=O)(=O)N1CCN(c2cc(C(F)(F)F)c(C)cn2)CC1. The van der Waals surface area contributed by atoms with Crippen molar-refractivity contribution in [3.8, 4) is 0 Å². The molecule has 0 unspecified atom stereocenters. The van der Waals surface area contributed by atoms with Crippen LogP contribution in [0.4, 0.5) is 19.0 Å². The van der Waals surface area contributed by atoms with Crippen molar-refractivity contribution in [2.24, 2.45) is 0 Å². The van der Waals surface area contributed by atoms with E-state index in [0.717, 1.165) is 6.07 Å². The van der Waals surface area contributed by atoms with Crippen molar-refractivity contribution in [1.29, 1.82) is 0 Å². The van der Waals surface area contributed by atoms with Crippen LogP contribution in [-0.2, 0) is 16.2 Å². The van der Waals surface area contributed by atoms with E-state index in [1.165, 1.54) is 17.4 Å². The van der Waals surface area contributed by atoms with Gasteiger partial charge < -0.3 is 4.90 Å². The predicted molar refractivity (Wildman–Crippen MR) is 77.2 cm³/mol. The Morgan fingerprint density at radius 1 is 1.23 bits per heavy atom. The molecule has 0 N–H and O–H groups in total. The number of rotatable bonds is 3. The molecule has 0 spiro atoms. The normalized spacial score (nSPS) is 17.8. The first-order valence-electron chi connectivity index (χ1n) is 6.91. The van der Waals surface area contributed by atoms with Gasteiger partial charge >= 0.3 is 6.18 Å². The Morgan fingerprint density at radius 3 is 2.32 bits per heavy atom. The van der Waals surface area contributed by atoms with E-state index in [2.05, 4.69) is 4.98 Å². The molecule has 1 aliphatic heterocycles. The zero-order chi connectivity index (χ0) is 16.5. The summed E-state index contributed by atoms with van der Waals surface area (Å²) >= 11 is 0. The van der Waals surface area contributed by atoms with Crippen LogP contribution in [0, 0.1) is 6.92 Å². The lowest BCUT2D eigenvalue weighted by atomic mass is 10.1. The second kappa shape index (κ2) is 6.04. The van der Waals surface area contributed by atoms with Crippen molar-refractivity contribution in [2.75, 3.05) is 36.8 Å². The number of sulfonamides is 1. The standard InChI is InChI=1S/C13H18F3N3O2S/c1-3-22(20,21)19-6-4-18(5-7-19)12-8-11(13(14,15)16)10(2)9-17-12/h8-9H,3-7H2,1-2H3. The molecule has 1 fully saturated rings. The average molecular weight is 337 g/mol. The second-order valence-corrected chi connectivity index (χ2v) is 7.40. The summed E-state index contributed by atoms with van der Waals surface area (Å²) in [6.45, 7) is 4.10. The van der Waals surface area contributed by atoms with Crippen molar-refractivity contribution in [3.63, 3.8) is 0 Å². The Balaban J connectivity index is 2.16. The molecule has 22 heavy (non-hydrogen) atoms. The van der Waals surface area contributed by atoms with Gasteiger partial charge in [0.15, 0.2) is 0 Å². The van der Waals surface area contributed by atoms with Crippen LogP contribution in [0.5, 0.6) is 0 Å². The minimum absolute atomic E-state index is 0.0218. The molecule has 0 radical (unpaired) electrons. The van der Waals surface area contributed by atoms with Gasteiger partial charge in [0.25, 0.3) is 0 Å². The number of anilines is 1. The Bertz CT molecular complexity index is 638. The predicted octanol–water partition coefficient (Wildman–Crippen LogP) is 1.88. The largest absolute Gasteiger partial charge is 0.416 e. The highest BCUT2D eigenvalue weighted by Crippen LogP contribution is 2.33. The molecule has 0 saturated carbocycles. The molecule has 1 aromatic heterocycles. The highest BCUT2D eigenvalue weighted by atomic mass is 32.2. The number of aryl methyl sites for hydroxylation is 1. The number of nitrogens with zero attached hydrogens (tertiary/aromatic N) is 3. The lowest BCUT2D eigenvalue weighted by Crippen LogP contribution is -2.49. The van der Waals surface area contributed by atoms with Crippen LogP contribution in [0.3, 0.4) is 0 Å². The number of halogens is 3. The van der Waals surface area contributed by atoms with Gasteiger partial charge in [-0.25, -0.2) is 13.4 Å². The van der Waals surface area contributed by atoms with Crippen LogP contribution in [0.25, 0.3) is 0 Å². The number of alkyl halides is 3. The fourth-order valence-electron chi connectivity index (χ4n) is 2.37. The third-order valence-electron chi connectivity index (χ3n) is 3.71. The van der Waals surface area contributed by atoms with Crippen molar-refractivity contribution in [3.05, 3.63) is 23.4 Å². The lowest BCUT2D eigenvalue weighted by Gasteiger charge is -2.34.